The molecular formula is C19H20O7S. The first kappa shape index (κ1) is 20.4. The summed E-state index contributed by atoms with van der Waals surface area (Å²) in [6.45, 7) is 1.14. The van der Waals surface area contributed by atoms with Crippen LogP contribution in [0.2, 0.25) is 0 Å². The predicted molar refractivity (Wildman–Crippen MR) is 98.4 cm³/mol. The van der Waals surface area contributed by atoms with Crippen molar-refractivity contribution in [1.29, 1.82) is 0 Å². The summed E-state index contributed by atoms with van der Waals surface area (Å²) >= 11 is 0. The van der Waals surface area contributed by atoms with Crippen molar-refractivity contribution in [3.63, 3.8) is 0 Å². The SMILES string of the molecule is COc1ccc(C(=O)COC(=O)c2cc(S(C)(=O)=O)ccc2C)c(OC)c1. The summed E-state index contributed by atoms with van der Waals surface area (Å²) in [4.78, 5) is 24.7. The number of Topliss-reactive ketones (excluding diaryl/α,β-unsaturated/α-hetero) is 1. The molecule has 27 heavy (non-hydrogen) atoms. The zero-order valence-corrected chi connectivity index (χ0v) is 16.3. The Hall–Kier alpha value is -2.87. The highest BCUT2D eigenvalue weighted by atomic mass is 32.2. The fourth-order valence-electron chi connectivity index (χ4n) is 2.37. The van der Waals surface area contributed by atoms with E-state index in [0.29, 0.717) is 17.1 Å². The molecule has 2 aromatic rings. The van der Waals surface area contributed by atoms with Gasteiger partial charge in [-0.15, -0.1) is 0 Å². The quantitative estimate of drug-likeness (QED) is 0.527. The molecule has 0 saturated carbocycles. The molecule has 0 aromatic heterocycles. The van der Waals surface area contributed by atoms with Crippen LogP contribution in [-0.4, -0.2) is 47.3 Å². The fourth-order valence-corrected chi connectivity index (χ4v) is 3.01. The van der Waals surface area contributed by atoms with E-state index in [1.165, 1.54) is 38.5 Å². The topological polar surface area (TPSA) is 96.0 Å². The molecule has 0 N–H and O–H groups in total. The fraction of sp³-hybridized carbons (Fsp3) is 0.263. The normalized spacial score (nSPS) is 11.0. The van der Waals surface area contributed by atoms with Crippen LogP contribution in [0.3, 0.4) is 0 Å². The largest absolute Gasteiger partial charge is 0.497 e. The summed E-state index contributed by atoms with van der Waals surface area (Å²) in [6.07, 6.45) is 1.05. The van der Waals surface area contributed by atoms with Crippen molar-refractivity contribution in [3.05, 3.63) is 53.1 Å². The van der Waals surface area contributed by atoms with Gasteiger partial charge in [-0.2, -0.15) is 0 Å². The van der Waals surface area contributed by atoms with Crippen molar-refractivity contribution >= 4 is 21.6 Å². The molecule has 0 aliphatic carbocycles. The van der Waals surface area contributed by atoms with Gasteiger partial charge in [-0.05, 0) is 36.8 Å². The summed E-state index contributed by atoms with van der Waals surface area (Å²) in [5, 5.41) is 0. The van der Waals surface area contributed by atoms with Crippen molar-refractivity contribution in [1.82, 2.24) is 0 Å². The second kappa shape index (κ2) is 8.22. The smallest absolute Gasteiger partial charge is 0.338 e. The van der Waals surface area contributed by atoms with Gasteiger partial charge in [0.15, 0.2) is 16.4 Å². The lowest BCUT2D eigenvalue weighted by Gasteiger charge is -2.11. The molecule has 7 nitrogen and oxygen atoms in total. The minimum atomic E-state index is -3.47. The van der Waals surface area contributed by atoms with Gasteiger partial charge in [-0.1, -0.05) is 6.07 Å². The van der Waals surface area contributed by atoms with Gasteiger partial charge >= 0.3 is 5.97 Å². The average Bonchev–Trinajstić information content (AvgIpc) is 2.64. The lowest BCUT2D eigenvalue weighted by Crippen LogP contribution is -2.16. The number of carbonyl (C=O) groups excluding carboxylic acids is 2. The first-order valence-corrected chi connectivity index (χ1v) is 9.79. The Morgan fingerprint density at radius 2 is 1.67 bits per heavy atom. The van der Waals surface area contributed by atoms with Crippen LogP contribution in [0, 0.1) is 6.92 Å². The van der Waals surface area contributed by atoms with Crippen molar-refractivity contribution in [2.24, 2.45) is 0 Å². The Morgan fingerprint density at radius 1 is 0.963 bits per heavy atom. The van der Waals surface area contributed by atoms with Crippen molar-refractivity contribution in [2.45, 2.75) is 11.8 Å². The van der Waals surface area contributed by atoms with Gasteiger partial charge in [0, 0.05) is 12.3 Å². The summed E-state index contributed by atoms with van der Waals surface area (Å²) in [5.74, 6) is -0.419. The van der Waals surface area contributed by atoms with Crippen LogP contribution in [-0.2, 0) is 14.6 Å². The number of hydrogen-bond acceptors (Lipinski definition) is 7. The standard InChI is InChI=1S/C19H20O7S/c1-12-5-7-14(27(4,22)23)10-16(12)19(21)26-11-17(20)15-8-6-13(24-2)9-18(15)25-3/h5-10H,11H2,1-4H3. The van der Waals surface area contributed by atoms with E-state index in [9.17, 15) is 18.0 Å². The Morgan fingerprint density at radius 3 is 2.26 bits per heavy atom. The van der Waals surface area contributed by atoms with Gasteiger partial charge in [-0.25, -0.2) is 13.2 Å². The summed E-state index contributed by atoms with van der Waals surface area (Å²) in [5.41, 5.74) is 0.877. The molecule has 2 rings (SSSR count). The number of benzene rings is 2. The molecule has 0 unspecified atom stereocenters. The second-order valence-electron chi connectivity index (χ2n) is 5.81. The van der Waals surface area contributed by atoms with Crippen LogP contribution < -0.4 is 9.47 Å². The Balaban J connectivity index is 2.17. The van der Waals surface area contributed by atoms with Crippen LogP contribution in [0.15, 0.2) is 41.3 Å². The van der Waals surface area contributed by atoms with E-state index in [0.717, 1.165) is 6.26 Å². The molecule has 144 valence electrons. The monoisotopic (exact) mass is 392 g/mol. The molecular weight excluding hydrogens is 372 g/mol. The Labute approximate surface area is 157 Å². The van der Waals surface area contributed by atoms with Crippen molar-refractivity contribution in [3.8, 4) is 11.5 Å². The zero-order chi connectivity index (χ0) is 20.2. The van der Waals surface area contributed by atoms with Gasteiger partial charge in [0.25, 0.3) is 0 Å². The first-order chi connectivity index (χ1) is 12.7. The molecule has 0 aliphatic heterocycles. The molecule has 0 atom stereocenters. The van der Waals surface area contributed by atoms with Gasteiger partial charge in [0.05, 0.1) is 30.2 Å². The number of rotatable bonds is 7. The zero-order valence-electron chi connectivity index (χ0n) is 15.4. The van der Waals surface area contributed by atoms with Crippen LogP contribution >= 0.6 is 0 Å². The highest BCUT2D eigenvalue weighted by Gasteiger charge is 2.19. The maximum absolute atomic E-state index is 12.4. The summed E-state index contributed by atoms with van der Waals surface area (Å²) in [7, 11) is -0.563. The van der Waals surface area contributed by atoms with Crippen LogP contribution in [0.4, 0.5) is 0 Å². The number of sulfone groups is 1. The van der Waals surface area contributed by atoms with Gasteiger partial charge in [-0.3, -0.25) is 4.79 Å². The molecule has 0 amide bonds. The van der Waals surface area contributed by atoms with Crippen LogP contribution in [0.5, 0.6) is 11.5 Å². The van der Waals surface area contributed by atoms with Gasteiger partial charge in [0.1, 0.15) is 11.5 Å². The third-order valence-electron chi connectivity index (χ3n) is 3.90. The van der Waals surface area contributed by atoms with E-state index in [1.54, 1.807) is 19.1 Å². The lowest BCUT2D eigenvalue weighted by molar-refractivity contribution is 0.0473. The molecule has 0 saturated heterocycles. The van der Waals surface area contributed by atoms with Crippen LogP contribution in [0.1, 0.15) is 26.3 Å². The van der Waals surface area contributed by atoms with Crippen molar-refractivity contribution in [2.75, 3.05) is 27.1 Å². The predicted octanol–water partition coefficient (Wildman–Crippen LogP) is 2.46. The van der Waals surface area contributed by atoms with E-state index >= 15 is 0 Å². The van der Waals surface area contributed by atoms with E-state index in [2.05, 4.69) is 0 Å². The van der Waals surface area contributed by atoms with E-state index < -0.39 is 28.2 Å². The van der Waals surface area contributed by atoms with Gasteiger partial charge < -0.3 is 14.2 Å². The maximum Gasteiger partial charge on any atom is 0.338 e. The van der Waals surface area contributed by atoms with E-state index in [4.69, 9.17) is 14.2 Å². The maximum atomic E-state index is 12.4. The van der Waals surface area contributed by atoms with E-state index in [-0.39, 0.29) is 16.0 Å². The van der Waals surface area contributed by atoms with Crippen molar-refractivity contribution < 1.29 is 32.2 Å². The number of carbonyl (C=O) groups is 2. The number of hydrogen-bond donors (Lipinski definition) is 0. The molecule has 0 aliphatic rings. The average molecular weight is 392 g/mol. The number of ether oxygens (including phenoxy) is 3. The minimum absolute atomic E-state index is 0.00296. The molecule has 0 fully saturated rings. The number of ketones is 1. The minimum Gasteiger partial charge on any atom is -0.497 e. The molecule has 0 heterocycles. The highest BCUT2D eigenvalue weighted by molar-refractivity contribution is 7.90. The van der Waals surface area contributed by atoms with E-state index in [1.807, 2.05) is 0 Å². The third-order valence-corrected chi connectivity index (χ3v) is 5.01. The third kappa shape index (κ3) is 4.85. The van der Waals surface area contributed by atoms with Gasteiger partial charge in [0.2, 0.25) is 5.78 Å². The Kier molecular flexibility index (Phi) is 6.22. The molecule has 2 aromatic carbocycles. The summed E-state index contributed by atoms with van der Waals surface area (Å²) in [6, 6.07) is 8.83. The number of aryl methyl sites for hydroxylation is 1. The Bertz CT molecular complexity index is 978. The number of esters is 1. The first-order valence-electron chi connectivity index (χ1n) is 7.90. The molecule has 8 heteroatoms. The molecule has 0 bridgehead atoms. The molecule has 0 radical (unpaired) electrons. The molecule has 0 spiro atoms. The lowest BCUT2D eigenvalue weighted by atomic mass is 10.1. The summed E-state index contributed by atoms with van der Waals surface area (Å²) < 4.78 is 38.6. The number of methoxy groups -OCH3 is 2. The highest BCUT2D eigenvalue weighted by Crippen LogP contribution is 2.25. The van der Waals surface area contributed by atoms with Crippen LogP contribution in [0.25, 0.3) is 0 Å². The second-order valence-corrected chi connectivity index (χ2v) is 7.83.